The summed E-state index contributed by atoms with van der Waals surface area (Å²) in [4.78, 5) is 0. The van der Waals surface area contributed by atoms with E-state index < -0.39 is 52.9 Å². The van der Waals surface area contributed by atoms with Crippen LogP contribution < -0.4 is 4.74 Å². The molecular weight excluding hydrogens is 636 g/mol. The summed E-state index contributed by atoms with van der Waals surface area (Å²) in [6.45, 7) is 2.22. The van der Waals surface area contributed by atoms with Crippen molar-refractivity contribution < 1.29 is 39.9 Å². The van der Waals surface area contributed by atoms with Gasteiger partial charge in [0, 0.05) is 12.0 Å². The molecule has 2 aliphatic carbocycles. The van der Waals surface area contributed by atoms with Crippen LogP contribution in [0.5, 0.6) is 5.75 Å². The third kappa shape index (κ3) is 9.20. The second kappa shape index (κ2) is 15.5. The van der Waals surface area contributed by atoms with Gasteiger partial charge < -0.3 is 4.74 Å². The fourth-order valence-corrected chi connectivity index (χ4v) is 7.41. The topological polar surface area (TPSA) is 9.23 Å². The minimum absolute atomic E-state index is 0.0956. The summed E-state index contributed by atoms with van der Waals surface area (Å²) in [6.07, 6.45) is 1.34. The van der Waals surface area contributed by atoms with Gasteiger partial charge in [-0.2, -0.15) is 22.0 Å². The molecule has 0 saturated heterocycles. The summed E-state index contributed by atoms with van der Waals surface area (Å²) in [5, 5.41) is 0. The predicted molar refractivity (Wildman–Crippen MR) is 172 cm³/mol. The highest BCUT2D eigenvalue weighted by atomic mass is 19.4. The number of rotatable bonds is 11. The molecule has 0 atom stereocenters. The van der Waals surface area contributed by atoms with Gasteiger partial charge in [-0.05, 0) is 110 Å². The largest absolute Gasteiger partial charge is 0.429 e. The van der Waals surface area contributed by atoms with Gasteiger partial charge in [0.25, 0.3) is 0 Å². The smallest absolute Gasteiger partial charge is 0.429 e. The van der Waals surface area contributed by atoms with Crippen molar-refractivity contribution in [3.05, 3.63) is 101 Å². The molecule has 0 spiro atoms. The van der Waals surface area contributed by atoms with Crippen molar-refractivity contribution in [2.75, 3.05) is 0 Å². The van der Waals surface area contributed by atoms with Gasteiger partial charge in [-0.15, -0.1) is 0 Å². The molecule has 5 rings (SSSR count). The average molecular weight is 679 g/mol. The maximum Gasteiger partial charge on any atom is 0.429 e. The molecule has 0 aliphatic heterocycles. The number of benzene rings is 3. The molecule has 1 nitrogen and oxygen atoms in total. The molecule has 0 bridgehead atoms. The van der Waals surface area contributed by atoms with Crippen molar-refractivity contribution in [1.82, 2.24) is 0 Å². The fraction of sp³-hybridized carbons (Fsp3) is 0.487. The normalized spacial score (nSPS) is 22.5. The van der Waals surface area contributed by atoms with Crippen LogP contribution in [-0.4, -0.2) is 6.18 Å². The second-order valence-corrected chi connectivity index (χ2v) is 13.5. The van der Waals surface area contributed by atoms with Gasteiger partial charge >= 0.3 is 12.3 Å². The van der Waals surface area contributed by atoms with Crippen molar-refractivity contribution in [1.29, 1.82) is 0 Å². The summed E-state index contributed by atoms with van der Waals surface area (Å²) in [7, 11) is 0. The quantitative estimate of drug-likeness (QED) is 0.145. The third-order valence-electron chi connectivity index (χ3n) is 10.1. The van der Waals surface area contributed by atoms with Crippen LogP contribution in [0.25, 0.3) is 11.1 Å². The summed E-state index contributed by atoms with van der Waals surface area (Å²) < 4.78 is 117. The van der Waals surface area contributed by atoms with Crippen LogP contribution in [0.1, 0.15) is 112 Å². The van der Waals surface area contributed by atoms with Crippen LogP contribution in [0, 0.1) is 23.5 Å². The minimum atomic E-state index is -4.76. The first kappa shape index (κ1) is 35.9. The van der Waals surface area contributed by atoms with Crippen LogP contribution >= 0.6 is 0 Å². The van der Waals surface area contributed by atoms with E-state index in [2.05, 4.69) is 6.92 Å². The van der Waals surface area contributed by atoms with Crippen LogP contribution in [-0.2, 0) is 6.11 Å². The number of ether oxygens (including phenoxy) is 1. The highest BCUT2D eigenvalue weighted by Crippen LogP contribution is 2.43. The highest BCUT2D eigenvalue weighted by Gasteiger charge is 2.38. The summed E-state index contributed by atoms with van der Waals surface area (Å²) in [5.41, 5.74) is 1.57. The molecule has 260 valence electrons. The standard InChI is InChI=1S/C39H42F8O/c1-2-3-4-5-25-6-8-26(9-7-25)27-10-12-28(13-11-27)31-18-21-34(36(41)22-31)39(46,47)48-32-19-20-33(35(40)23-32)29-14-16-30(17-15-29)37(42)24-38(43,44)45/h10-13,18-26,29-30H,2-9,14-17H2,1H3. The second-order valence-electron chi connectivity index (χ2n) is 13.5. The lowest BCUT2D eigenvalue weighted by Crippen LogP contribution is -2.23. The molecule has 48 heavy (non-hydrogen) atoms. The molecule has 9 heteroatoms. The zero-order valence-electron chi connectivity index (χ0n) is 27.1. The first-order valence-electron chi connectivity index (χ1n) is 17.0. The van der Waals surface area contributed by atoms with E-state index in [1.54, 1.807) is 0 Å². The number of hydrogen-bond donors (Lipinski definition) is 0. The lowest BCUT2D eigenvalue weighted by Gasteiger charge is -2.29. The van der Waals surface area contributed by atoms with Crippen molar-refractivity contribution in [2.45, 2.75) is 108 Å². The van der Waals surface area contributed by atoms with E-state index in [-0.39, 0.29) is 37.3 Å². The number of hydrogen-bond acceptors (Lipinski definition) is 1. The molecule has 0 amide bonds. The van der Waals surface area contributed by atoms with E-state index in [9.17, 15) is 22.0 Å². The van der Waals surface area contributed by atoms with Crippen LogP contribution in [0.2, 0.25) is 0 Å². The van der Waals surface area contributed by atoms with E-state index in [0.29, 0.717) is 17.0 Å². The third-order valence-corrected chi connectivity index (χ3v) is 10.1. The Morgan fingerprint density at radius 1 is 0.729 bits per heavy atom. The average Bonchev–Trinajstić information content (AvgIpc) is 3.04. The minimum Gasteiger partial charge on any atom is -0.429 e. The van der Waals surface area contributed by atoms with Gasteiger partial charge in [0.2, 0.25) is 0 Å². The van der Waals surface area contributed by atoms with E-state index in [4.69, 9.17) is 4.74 Å². The number of allylic oxidation sites excluding steroid dienone is 2. The molecule has 3 aromatic rings. The van der Waals surface area contributed by atoms with Crippen LogP contribution in [0.15, 0.2) is 72.6 Å². The monoisotopic (exact) mass is 678 g/mol. The molecular formula is C39H42F8O. The molecule has 0 N–H and O–H groups in total. The maximum atomic E-state index is 15.1. The van der Waals surface area contributed by atoms with Gasteiger partial charge in [0.05, 0.1) is 11.6 Å². The summed E-state index contributed by atoms with van der Waals surface area (Å²) >= 11 is 0. The molecule has 2 aliphatic rings. The van der Waals surface area contributed by atoms with Gasteiger partial charge in [0.15, 0.2) is 0 Å². The van der Waals surface area contributed by atoms with Gasteiger partial charge in [-0.3, -0.25) is 0 Å². The zero-order chi connectivity index (χ0) is 34.5. The first-order valence-corrected chi connectivity index (χ1v) is 17.0. The molecule has 3 aromatic carbocycles. The molecule has 0 radical (unpaired) electrons. The van der Waals surface area contributed by atoms with E-state index >= 15 is 13.2 Å². The Morgan fingerprint density at radius 3 is 1.98 bits per heavy atom. The first-order chi connectivity index (χ1) is 22.8. The number of alkyl halides is 5. The SMILES string of the molecule is CCCCCC1CCC(c2ccc(-c3ccc(C(F)(F)Oc4ccc(C5CCC(C(F)=CC(F)(F)F)CC5)c(F)c4)c(F)c3)cc2)CC1. The Balaban J connectivity index is 1.18. The van der Waals surface area contributed by atoms with E-state index in [1.165, 1.54) is 56.2 Å². The summed E-state index contributed by atoms with van der Waals surface area (Å²) in [5.74, 6) is -3.77. The molecule has 2 saturated carbocycles. The maximum absolute atomic E-state index is 15.1. The lowest BCUT2D eigenvalue weighted by molar-refractivity contribution is -0.187. The number of unbranched alkanes of at least 4 members (excludes halogenated alkanes) is 2. The predicted octanol–water partition coefficient (Wildman–Crippen LogP) is 13.3. The van der Waals surface area contributed by atoms with Gasteiger partial charge in [-0.25, -0.2) is 13.2 Å². The summed E-state index contributed by atoms with van der Waals surface area (Å²) in [6, 6.07) is 14.5. The van der Waals surface area contributed by atoms with Gasteiger partial charge in [-0.1, -0.05) is 69.0 Å². The van der Waals surface area contributed by atoms with Gasteiger partial charge in [0.1, 0.15) is 23.2 Å². The Labute approximate surface area is 277 Å². The van der Waals surface area contributed by atoms with Crippen molar-refractivity contribution in [3.63, 3.8) is 0 Å². The van der Waals surface area contributed by atoms with Crippen LogP contribution in [0.3, 0.4) is 0 Å². The Kier molecular flexibility index (Phi) is 11.6. The molecule has 2 fully saturated rings. The zero-order valence-corrected chi connectivity index (χ0v) is 27.1. The lowest BCUT2D eigenvalue weighted by atomic mass is 9.77. The molecule has 0 aromatic heterocycles. The van der Waals surface area contributed by atoms with Crippen molar-refractivity contribution >= 4 is 0 Å². The van der Waals surface area contributed by atoms with E-state index in [0.717, 1.165) is 43.0 Å². The van der Waals surface area contributed by atoms with Crippen molar-refractivity contribution in [2.24, 2.45) is 11.8 Å². The van der Waals surface area contributed by atoms with E-state index in [1.807, 2.05) is 24.3 Å². The van der Waals surface area contributed by atoms with Crippen molar-refractivity contribution in [3.8, 4) is 16.9 Å². The Hall–Kier alpha value is -3.36. The molecule has 0 heterocycles. The molecule has 0 unspecified atom stereocenters. The Morgan fingerprint density at radius 2 is 1.38 bits per heavy atom. The van der Waals surface area contributed by atoms with Crippen LogP contribution in [0.4, 0.5) is 35.1 Å². The fourth-order valence-electron chi connectivity index (χ4n) is 7.41. The highest BCUT2D eigenvalue weighted by molar-refractivity contribution is 5.64. The Bertz CT molecular complexity index is 1530. The number of halogens is 8.